The second kappa shape index (κ2) is 110. The maximum absolute atomic E-state index is 2.25. The number of rotatable bonds is 23. The fourth-order valence-electron chi connectivity index (χ4n) is 3.38. The van der Waals surface area contributed by atoms with Crippen molar-refractivity contribution in [1.29, 1.82) is 0 Å². The lowest BCUT2D eigenvalue weighted by Gasteiger charge is -1.90. The molecule has 0 fully saturated rings. The summed E-state index contributed by atoms with van der Waals surface area (Å²) in [5.41, 5.74) is 0. The van der Waals surface area contributed by atoms with Gasteiger partial charge in [0.2, 0.25) is 0 Å². The Hall–Kier alpha value is 0. The highest BCUT2D eigenvalue weighted by Gasteiger charge is 1.82. The second-order valence-electron chi connectivity index (χ2n) is 13.3. The van der Waals surface area contributed by atoms with E-state index < -0.39 is 0 Å². The molecule has 0 amide bonds. The minimum absolute atomic E-state index is 0. The van der Waals surface area contributed by atoms with Crippen molar-refractivity contribution >= 4 is 0 Å². The molecule has 0 nitrogen and oxygen atoms in total. The van der Waals surface area contributed by atoms with Crippen molar-refractivity contribution in [1.82, 2.24) is 0 Å². The van der Waals surface area contributed by atoms with Crippen LogP contribution in [0.3, 0.4) is 0 Å². The smallest absolute Gasteiger partial charge is 0.0533 e. The van der Waals surface area contributed by atoms with E-state index in [4.69, 9.17) is 0 Å². The average molecular weight is 707 g/mol. The van der Waals surface area contributed by atoms with Gasteiger partial charge in [-0.15, -0.1) is 0 Å². The fourth-order valence-corrected chi connectivity index (χ4v) is 3.38. The highest BCUT2D eigenvalue weighted by molar-refractivity contribution is 4.38. The number of hydrogen-bond donors (Lipinski definition) is 0. The Morgan fingerprint density at radius 3 is 0.245 bits per heavy atom. The zero-order chi connectivity index (χ0) is 37.9. The molecule has 0 aromatic heterocycles. The van der Waals surface area contributed by atoms with Crippen LogP contribution in [0, 0.1) is 0 Å². The molecule has 0 spiro atoms. The summed E-state index contributed by atoms with van der Waals surface area (Å²) in [7, 11) is 0. The SMILES string of the molecule is C.C.CCCC.CCCC.CCCC.CCCCCCC.CCCCCCC.CCCCCCC.CCCCCCC.CCCCCCC. The van der Waals surface area contributed by atoms with Crippen molar-refractivity contribution in [3.63, 3.8) is 0 Å². The minimum atomic E-state index is 0. The second-order valence-corrected chi connectivity index (χ2v) is 13.3. The molecular weight excluding hydrogens is 589 g/mol. The van der Waals surface area contributed by atoms with Gasteiger partial charge in [-0.3, -0.25) is 0 Å². The standard InChI is InChI=1S/5C7H16.3C4H10.2CH4/c5*1-3-5-7-6-4-2;3*1-3-4-2;;/h5*3-7H2,1-2H3;3*3-4H2,1-2H3;2*1H4. The van der Waals surface area contributed by atoms with Crippen molar-refractivity contribution in [2.45, 2.75) is 325 Å². The predicted molar refractivity (Wildman–Crippen MR) is 247 cm³/mol. The van der Waals surface area contributed by atoms with Gasteiger partial charge in [-0.2, -0.15) is 0 Å². The first-order chi connectivity index (χ1) is 22.8. The van der Waals surface area contributed by atoms with Gasteiger partial charge in [-0.1, -0.05) is 325 Å². The summed E-state index contributed by atoms with van der Waals surface area (Å²) in [6.45, 7) is 35.5. The molecule has 0 aromatic rings. The average Bonchev–Trinajstić information content (AvgIpc) is 3.11. The summed E-state index contributed by atoms with van der Waals surface area (Å²) in [4.78, 5) is 0. The van der Waals surface area contributed by atoms with Crippen molar-refractivity contribution in [3.05, 3.63) is 0 Å². The van der Waals surface area contributed by atoms with Crippen LogP contribution in [0.25, 0.3) is 0 Å². The van der Waals surface area contributed by atoms with Gasteiger partial charge in [0, 0.05) is 0 Å². The summed E-state index contributed by atoms with van der Waals surface area (Å²) in [6, 6.07) is 0. The van der Waals surface area contributed by atoms with E-state index in [1.165, 1.54) is 199 Å². The molecule has 0 saturated carbocycles. The Labute approximate surface area is 323 Å². The summed E-state index contributed by atoms with van der Waals surface area (Å²) < 4.78 is 0. The molecule has 0 aromatic carbocycles. The first-order valence-electron chi connectivity index (χ1n) is 22.8. The van der Waals surface area contributed by atoms with Crippen molar-refractivity contribution in [3.8, 4) is 0 Å². The Bertz CT molecular complexity index is 214. The van der Waals surface area contributed by atoms with Crippen LogP contribution in [0.2, 0.25) is 0 Å². The van der Waals surface area contributed by atoms with Gasteiger partial charge in [0.05, 0.1) is 0 Å². The molecule has 0 aliphatic rings. The largest absolute Gasteiger partial charge is 0.0776 e. The summed E-state index contributed by atoms with van der Waals surface area (Å²) in [5, 5.41) is 0. The van der Waals surface area contributed by atoms with Gasteiger partial charge in [-0.05, 0) is 0 Å². The van der Waals surface area contributed by atoms with Crippen LogP contribution < -0.4 is 0 Å². The molecule has 49 heavy (non-hydrogen) atoms. The molecule has 0 rings (SSSR count). The van der Waals surface area contributed by atoms with E-state index in [1.807, 2.05) is 0 Å². The number of unbranched alkanes of at least 4 members (excludes halogenated alkanes) is 23. The molecule has 0 unspecified atom stereocenters. The van der Waals surface area contributed by atoms with Gasteiger partial charge in [0.15, 0.2) is 0 Å². The third kappa shape index (κ3) is 192. The van der Waals surface area contributed by atoms with Crippen molar-refractivity contribution < 1.29 is 0 Å². The first kappa shape index (κ1) is 74.2. The lowest BCUT2D eigenvalue weighted by molar-refractivity contribution is 0.656. The van der Waals surface area contributed by atoms with Crippen LogP contribution in [0.4, 0.5) is 0 Å². The van der Waals surface area contributed by atoms with Gasteiger partial charge < -0.3 is 0 Å². The molecule has 0 atom stereocenters. The fraction of sp³-hybridized carbons (Fsp3) is 1.00. The third-order valence-electron chi connectivity index (χ3n) is 7.54. The van der Waals surface area contributed by atoms with E-state index in [9.17, 15) is 0 Å². The van der Waals surface area contributed by atoms with E-state index >= 15 is 0 Å². The van der Waals surface area contributed by atoms with Crippen LogP contribution in [0.1, 0.15) is 325 Å². The zero-order valence-corrected chi connectivity index (χ0v) is 37.9. The quantitative estimate of drug-likeness (QED) is 0.0928. The van der Waals surface area contributed by atoms with Crippen molar-refractivity contribution in [2.24, 2.45) is 0 Å². The topological polar surface area (TPSA) is 0 Å². The molecule has 0 bridgehead atoms. The number of hydrogen-bond acceptors (Lipinski definition) is 0. The predicted octanol–water partition coefficient (Wildman–Crippen LogP) is 21.6. The lowest BCUT2D eigenvalue weighted by atomic mass is 10.2. The van der Waals surface area contributed by atoms with Crippen LogP contribution in [-0.2, 0) is 0 Å². The molecule has 0 aliphatic carbocycles. The third-order valence-corrected chi connectivity index (χ3v) is 7.54. The minimum Gasteiger partial charge on any atom is -0.0776 e. The van der Waals surface area contributed by atoms with Gasteiger partial charge >= 0.3 is 0 Å². The van der Waals surface area contributed by atoms with Crippen LogP contribution in [-0.4, -0.2) is 0 Å². The first-order valence-corrected chi connectivity index (χ1v) is 22.8. The molecule has 0 aliphatic heterocycles. The monoisotopic (exact) mass is 707 g/mol. The van der Waals surface area contributed by atoms with Crippen molar-refractivity contribution in [2.75, 3.05) is 0 Å². The van der Waals surface area contributed by atoms with Crippen LogP contribution in [0.5, 0.6) is 0 Å². The highest BCUT2D eigenvalue weighted by Crippen LogP contribution is 2.02. The Balaban J connectivity index is -0.0000000446. The van der Waals surface area contributed by atoms with E-state index in [0.717, 1.165) is 0 Å². The maximum Gasteiger partial charge on any atom is -0.0533 e. The Morgan fingerprint density at radius 1 is 0.122 bits per heavy atom. The Morgan fingerprint density at radius 2 is 0.204 bits per heavy atom. The normalized spacial score (nSPS) is 8.57. The van der Waals surface area contributed by atoms with Gasteiger partial charge in [0.25, 0.3) is 0 Å². The van der Waals surface area contributed by atoms with E-state index in [1.54, 1.807) is 0 Å². The summed E-state index contributed by atoms with van der Waals surface area (Å²) >= 11 is 0. The van der Waals surface area contributed by atoms with E-state index in [-0.39, 0.29) is 14.9 Å². The molecule has 0 heterocycles. The van der Waals surface area contributed by atoms with Crippen LogP contribution in [0.15, 0.2) is 0 Å². The lowest BCUT2D eigenvalue weighted by Crippen LogP contribution is -1.70. The highest BCUT2D eigenvalue weighted by atomic mass is 13.9. The maximum atomic E-state index is 2.25. The summed E-state index contributed by atoms with van der Waals surface area (Å²) in [6.07, 6.45) is 43.0. The summed E-state index contributed by atoms with van der Waals surface area (Å²) in [5.74, 6) is 0. The van der Waals surface area contributed by atoms with E-state index in [0.29, 0.717) is 0 Å². The molecular formula is C49H118. The van der Waals surface area contributed by atoms with Gasteiger partial charge in [-0.25, -0.2) is 0 Å². The zero-order valence-electron chi connectivity index (χ0n) is 37.9. The molecule has 0 radical (unpaired) electrons. The molecule has 0 heteroatoms. The molecule has 0 N–H and O–H groups in total. The molecule has 314 valence electrons. The van der Waals surface area contributed by atoms with E-state index in [2.05, 4.69) is 111 Å². The molecule has 0 saturated heterocycles. The Kier molecular flexibility index (Phi) is 167. The van der Waals surface area contributed by atoms with Gasteiger partial charge in [0.1, 0.15) is 0 Å². The van der Waals surface area contributed by atoms with Crippen LogP contribution >= 0.6 is 0 Å².